The predicted octanol–water partition coefficient (Wildman–Crippen LogP) is 2.44. The molecule has 0 atom stereocenters. The Balaban J connectivity index is -0.000000980. The molecule has 0 aliphatic rings. The molecule has 0 N–H and O–H groups in total. The fourth-order valence-electron chi connectivity index (χ4n) is 1.89. The zero-order valence-corrected chi connectivity index (χ0v) is 11.6. The first-order valence-corrected chi connectivity index (χ1v) is 6.85. The van der Waals surface area contributed by atoms with Gasteiger partial charge in [0.15, 0.2) is 0 Å². The summed E-state index contributed by atoms with van der Waals surface area (Å²) in [6, 6.07) is 0. The summed E-state index contributed by atoms with van der Waals surface area (Å²) < 4.78 is 0. The smallest absolute Gasteiger partial charge is 1.00 e. The zero-order chi connectivity index (χ0) is 11.2. The molecule has 90 valence electrons. The number of hydrogen-bond donors (Lipinski definition) is 0. The van der Waals surface area contributed by atoms with Crippen LogP contribution in [0.15, 0.2) is 0 Å². The van der Waals surface area contributed by atoms with Crippen molar-refractivity contribution in [3.63, 3.8) is 0 Å². The summed E-state index contributed by atoms with van der Waals surface area (Å²) in [5.74, 6) is 2.70. The largest absolute Gasteiger partial charge is 1.00 e. The van der Waals surface area contributed by atoms with Crippen LogP contribution in [-0.2, 0) is 0 Å². The molecule has 0 spiro atoms. The Labute approximate surface area is 117 Å². The Morgan fingerprint density at radius 1 is 0.750 bits per heavy atom. The third-order valence-electron chi connectivity index (χ3n) is 2.92. The minimum Gasteiger partial charge on any atom is -1.00 e. The van der Waals surface area contributed by atoms with Crippen LogP contribution in [0.5, 0.6) is 0 Å². The van der Waals surface area contributed by atoms with Crippen molar-refractivity contribution in [3.05, 3.63) is 0 Å². The Morgan fingerprint density at radius 3 is 1.50 bits per heavy atom. The summed E-state index contributed by atoms with van der Waals surface area (Å²) in [4.78, 5) is 0. The molecule has 0 aromatic heterocycles. The van der Waals surface area contributed by atoms with Gasteiger partial charge in [-0.3, -0.25) is 0 Å². The Kier molecular flexibility index (Phi) is 20.3. The second-order valence-corrected chi connectivity index (χ2v) is 4.49. The Hall–Kier alpha value is 0.157. The van der Waals surface area contributed by atoms with Gasteiger partial charge in [0.05, 0.1) is 0 Å². The van der Waals surface area contributed by atoms with Crippen LogP contribution in [0, 0.1) is 12.3 Å². The fraction of sp³-hybridized carbons (Fsp3) is 0.867. The van der Waals surface area contributed by atoms with E-state index in [-0.39, 0.29) is 20.3 Å². The van der Waals surface area contributed by atoms with Gasteiger partial charge in [-0.15, -0.1) is 12.3 Å². The van der Waals surface area contributed by atoms with Crippen LogP contribution >= 0.6 is 0 Å². The van der Waals surface area contributed by atoms with E-state index < -0.39 is 0 Å². The van der Waals surface area contributed by atoms with E-state index in [1.807, 2.05) is 0 Å². The SMILES string of the molecule is C#CCCCCCCCCCCCCC.[H-].[Li+]. The van der Waals surface area contributed by atoms with Crippen molar-refractivity contribution in [1.29, 1.82) is 0 Å². The van der Waals surface area contributed by atoms with Crippen LogP contribution in [0.4, 0.5) is 0 Å². The molecule has 0 bridgehead atoms. The molecule has 1 heteroatoms. The van der Waals surface area contributed by atoms with Crippen molar-refractivity contribution in [3.8, 4) is 12.3 Å². The topological polar surface area (TPSA) is 0 Å². The molecule has 0 saturated carbocycles. The number of rotatable bonds is 11. The van der Waals surface area contributed by atoms with E-state index in [9.17, 15) is 0 Å². The number of hydrogen-bond acceptors (Lipinski definition) is 0. The molecule has 0 amide bonds. The third-order valence-corrected chi connectivity index (χ3v) is 2.92. The molecular formula is C15H29Li. The average molecular weight is 216 g/mol. The van der Waals surface area contributed by atoms with Gasteiger partial charge in [-0.2, -0.15) is 0 Å². The van der Waals surface area contributed by atoms with Gasteiger partial charge < -0.3 is 1.43 Å². The van der Waals surface area contributed by atoms with E-state index in [2.05, 4.69) is 12.8 Å². The van der Waals surface area contributed by atoms with Gasteiger partial charge in [0.2, 0.25) is 0 Å². The summed E-state index contributed by atoms with van der Waals surface area (Å²) in [5.41, 5.74) is 0. The molecule has 0 heterocycles. The van der Waals surface area contributed by atoms with Crippen molar-refractivity contribution >= 4 is 0 Å². The van der Waals surface area contributed by atoms with Crippen molar-refractivity contribution < 1.29 is 20.3 Å². The first kappa shape index (κ1) is 18.5. The van der Waals surface area contributed by atoms with Crippen molar-refractivity contribution in [2.45, 2.75) is 84.0 Å². The minimum atomic E-state index is 0. The van der Waals surface area contributed by atoms with Crippen LogP contribution in [-0.4, -0.2) is 0 Å². The summed E-state index contributed by atoms with van der Waals surface area (Å²) in [5, 5.41) is 0. The minimum absolute atomic E-state index is 0. The van der Waals surface area contributed by atoms with Crippen LogP contribution in [0.2, 0.25) is 0 Å². The quantitative estimate of drug-likeness (QED) is 0.283. The number of terminal acetylenes is 1. The van der Waals surface area contributed by atoms with E-state index in [0.29, 0.717) is 0 Å². The summed E-state index contributed by atoms with van der Waals surface area (Å²) in [6.45, 7) is 2.27. The van der Waals surface area contributed by atoms with Gasteiger partial charge in [-0.05, 0) is 6.42 Å². The summed E-state index contributed by atoms with van der Waals surface area (Å²) in [6.07, 6.45) is 21.5. The molecule has 0 aliphatic heterocycles. The maximum absolute atomic E-state index is 5.20. The van der Waals surface area contributed by atoms with Crippen LogP contribution < -0.4 is 18.9 Å². The maximum Gasteiger partial charge on any atom is 1.00 e. The molecule has 0 aliphatic carbocycles. The van der Waals surface area contributed by atoms with Crippen LogP contribution in [0.1, 0.15) is 85.4 Å². The molecule has 0 unspecified atom stereocenters. The average Bonchev–Trinajstić information content (AvgIpc) is 2.26. The van der Waals surface area contributed by atoms with Gasteiger partial charge in [-0.1, -0.05) is 71.1 Å². The van der Waals surface area contributed by atoms with Gasteiger partial charge in [-0.25, -0.2) is 0 Å². The van der Waals surface area contributed by atoms with Crippen LogP contribution in [0.3, 0.4) is 0 Å². The first-order valence-electron chi connectivity index (χ1n) is 6.85. The van der Waals surface area contributed by atoms with Crippen molar-refractivity contribution in [1.82, 2.24) is 0 Å². The van der Waals surface area contributed by atoms with Gasteiger partial charge >= 0.3 is 18.9 Å². The molecular weight excluding hydrogens is 187 g/mol. The summed E-state index contributed by atoms with van der Waals surface area (Å²) in [7, 11) is 0. The van der Waals surface area contributed by atoms with Gasteiger partial charge in [0, 0.05) is 6.42 Å². The predicted molar refractivity (Wildman–Crippen MR) is 71.0 cm³/mol. The third kappa shape index (κ3) is 16.6. The molecule has 0 aromatic rings. The second kappa shape index (κ2) is 17.5. The van der Waals surface area contributed by atoms with Crippen molar-refractivity contribution in [2.75, 3.05) is 0 Å². The Morgan fingerprint density at radius 2 is 1.12 bits per heavy atom. The maximum atomic E-state index is 5.20. The second-order valence-electron chi connectivity index (χ2n) is 4.49. The Bertz CT molecular complexity index is 151. The van der Waals surface area contributed by atoms with Crippen molar-refractivity contribution in [2.24, 2.45) is 0 Å². The molecule has 0 rings (SSSR count). The molecule has 16 heavy (non-hydrogen) atoms. The van der Waals surface area contributed by atoms with Crippen LogP contribution in [0.25, 0.3) is 0 Å². The molecule has 0 saturated heterocycles. The molecule has 0 aromatic carbocycles. The van der Waals surface area contributed by atoms with E-state index >= 15 is 0 Å². The van der Waals surface area contributed by atoms with E-state index in [0.717, 1.165) is 6.42 Å². The molecule has 0 nitrogen and oxygen atoms in total. The summed E-state index contributed by atoms with van der Waals surface area (Å²) >= 11 is 0. The number of unbranched alkanes of at least 4 members (excludes halogenated alkanes) is 11. The van der Waals surface area contributed by atoms with Gasteiger partial charge in [0.1, 0.15) is 0 Å². The molecule has 0 radical (unpaired) electrons. The normalized spacial score (nSPS) is 9.50. The fourth-order valence-corrected chi connectivity index (χ4v) is 1.89. The van der Waals surface area contributed by atoms with E-state index in [1.165, 1.54) is 70.6 Å². The monoisotopic (exact) mass is 216 g/mol. The standard InChI is InChI=1S/C15H28.Li.H/c1-3-5-7-9-11-13-15-14-12-10-8-6-4-2;;/h1H,4-15H2,2H3;;/q;+1;-1. The zero-order valence-electron chi connectivity index (χ0n) is 12.6. The van der Waals surface area contributed by atoms with Gasteiger partial charge in [0.25, 0.3) is 0 Å². The first-order chi connectivity index (χ1) is 7.41. The van der Waals surface area contributed by atoms with E-state index in [4.69, 9.17) is 6.42 Å². The molecule has 0 fully saturated rings. The van der Waals surface area contributed by atoms with E-state index in [1.54, 1.807) is 0 Å².